The van der Waals surface area contributed by atoms with Crippen molar-refractivity contribution >= 4 is 50.2 Å². The van der Waals surface area contributed by atoms with Gasteiger partial charge in [0.15, 0.2) is 0 Å². The van der Waals surface area contributed by atoms with Crippen molar-refractivity contribution in [1.82, 2.24) is 0 Å². The zero-order valence-electron chi connectivity index (χ0n) is 13.6. The van der Waals surface area contributed by atoms with Gasteiger partial charge in [0, 0.05) is 31.9 Å². The molecule has 2 aromatic carbocycles. The summed E-state index contributed by atoms with van der Waals surface area (Å²) in [4.78, 5) is 1.37. The quantitative estimate of drug-likeness (QED) is 0.455. The smallest absolute Gasteiger partial charge is 0.208 e. The Labute approximate surface area is 160 Å². The number of hydrogen-bond donors (Lipinski definition) is 1. The molecule has 0 aliphatic rings. The number of aryl methyl sites for hydroxylation is 1. The number of halogens is 1. The Morgan fingerprint density at radius 3 is 2.60 bits per heavy atom. The Kier molecular flexibility index (Phi) is 5.16. The minimum absolute atomic E-state index is 0.257. The Morgan fingerprint density at radius 2 is 1.92 bits per heavy atom. The van der Waals surface area contributed by atoms with Gasteiger partial charge in [-0.05, 0) is 48.6 Å². The van der Waals surface area contributed by atoms with Crippen molar-refractivity contribution in [2.75, 3.05) is 12.0 Å². The summed E-state index contributed by atoms with van der Waals surface area (Å²) in [5, 5.41) is 4.09. The number of nitrogens with two attached hydrogens (primary N) is 1. The Balaban J connectivity index is 2.15. The lowest BCUT2D eigenvalue weighted by Crippen LogP contribution is -2.02. The first-order valence-electron chi connectivity index (χ1n) is 7.36. The van der Waals surface area contributed by atoms with E-state index in [1.165, 1.54) is 23.1 Å². The molecule has 2 N–H and O–H groups in total. The molecule has 0 bridgehead atoms. The first kappa shape index (κ1) is 18.3. The fourth-order valence-corrected chi connectivity index (χ4v) is 6.91. The minimum atomic E-state index is -3.58. The van der Waals surface area contributed by atoms with Crippen LogP contribution in [0.1, 0.15) is 5.56 Å². The van der Waals surface area contributed by atoms with E-state index in [0.29, 0.717) is 15.6 Å². The zero-order chi connectivity index (χ0) is 18.2. The molecule has 0 spiro atoms. The lowest BCUT2D eigenvalue weighted by Gasteiger charge is -2.12. The van der Waals surface area contributed by atoms with Gasteiger partial charge in [-0.2, -0.15) is 0 Å². The molecule has 1 aromatic heterocycles. The number of thiophene rings is 1. The maximum atomic E-state index is 13.0. The van der Waals surface area contributed by atoms with Crippen LogP contribution in [0.15, 0.2) is 61.8 Å². The highest BCUT2D eigenvalue weighted by atomic mass is 35.5. The van der Waals surface area contributed by atoms with Crippen LogP contribution in [-0.2, 0) is 9.84 Å². The monoisotopic (exact) mass is 409 g/mol. The third-order valence-electron chi connectivity index (χ3n) is 3.87. The second-order valence-electron chi connectivity index (χ2n) is 5.52. The summed E-state index contributed by atoms with van der Waals surface area (Å²) in [6.45, 7) is 1.91. The summed E-state index contributed by atoms with van der Waals surface area (Å²) in [6, 6.07) is 10.4. The number of sulfone groups is 1. The highest BCUT2D eigenvalue weighted by molar-refractivity contribution is 7.99. The molecule has 3 nitrogen and oxygen atoms in total. The van der Waals surface area contributed by atoms with Crippen LogP contribution in [0.5, 0.6) is 0 Å². The molecular weight excluding hydrogens is 394 g/mol. The molecule has 0 amide bonds. The van der Waals surface area contributed by atoms with Gasteiger partial charge in [-0.25, -0.2) is 8.42 Å². The molecule has 0 aliphatic carbocycles. The maximum Gasteiger partial charge on any atom is 0.208 e. The van der Waals surface area contributed by atoms with Gasteiger partial charge < -0.3 is 5.73 Å². The molecule has 0 saturated carbocycles. The van der Waals surface area contributed by atoms with E-state index >= 15 is 0 Å². The summed E-state index contributed by atoms with van der Waals surface area (Å²) >= 11 is 8.85. The molecule has 3 aromatic rings. The van der Waals surface area contributed by atoms with E-state index in [0.717, 1.165) is 21.6 Å². The second kappa shape index (κ2) is 7.03. The number of hydrogen-bond acceptors (Lipinski definition) is 5. The van der Waals surface area contributed by atoms with Crippen LogP contribution < -0.4 is 5.73 Å². The molecule has 0 atom stereocenters. The van der Waals surface area contributed by atoms with Gasteiger partial charge in [0.2, 0.25) is 9.84 Å². The summed E-state index contributed by atoms with van der Waals surface area (Å²) in [7, 11) is -3.58. The van der Waals surface area contributed by atoms with Crippen LogP contribution in [0, 0.1) is 6.92 Å². The molecule has 3 rings (SSSR count). The maximum absolute atomic E-state index is 13.0. The Morgan fingerprint density at radius 1 is 1.16 bits per heavy atom. The van der Waals surface area contributed by atoms with Gasteiger partial charge in [-0.15, -0.1) is 23.1 Å². The molecule has 1 heterocycles. The second-order valence-corrected chi connectivity index (χ2v) is 9.47. The van der Waals surface area contributed by atoms with Gasteiger partial charge in [-0.3, -0.25) is 0 Å². The van der Waals surface area contributed by atoms with E-state index in [1.54, 1.807) is 29.6 Å². The van der Waals surface area contributed by atoms with Gasteiger partial charge in [0.05, 0.1) is 9.79 Å². The topological polar surface area (TPSA) is 60.2 Å². The summed E-state index contributed by atoms with van der Waals surface area (Å²) in [6.07, 6.45) is 1.87. The van der Waals surface area contributed by atoms with E-state index in [4.69, 9.17) is 17.3 Å². The van der Waals surface area contributed by atoms with Crippen molar-refractivity contribution in [3.8, 4) is 11.1 Å². The third kappa shape index (κ3) is 3.44. The highest BCUT2D eigenvalue weighted by Crippen LogP contribution is 2.36. The average molecular weight is 410 g/mol. The van der Waals surface area contributed by atoms with Crippen molar-refractivity contribution in [2.45, 2.75) is 21.6 Å². The van der Waals surface area contributed by atoms with Crippen molar-refractivity contribution < 1.29 is 8.42 Å². The van der Waals surface area contributed by atoms with E-state index in [1.807, 2.05) is 30.7 Å². The number of anilines is 1. The summed E-state index contributed by atoms with van der Waals surface area (Å²) in [5.41, 5.74) is 9.11. The molecule has 25 heavy (non-hydrogen) atoms. The standard InChI is InChI=1S/C18H16ClNO2S3/c1-11-6-13(19)8-15(20)18(11)12-4-3-5-14(7-12)25(21,22)17-10-24-9-16(17)23-2/h3-10H,20H2,1-2H3. The van der Waals surface area contributed by atoms with Crippen LogP contribution in [0.25, 0.3) is 11.1 Å². The summed E-state index contributed by atoms with van der Waals surface area (Å²) < 4.78 is 26.0. The fraction of sp³-hybridized carbons (Fsp3) is 0.111. The van der Waals surface area contributed by atoms with Crippen molar-refractivity contribution in [2.24, 2.45) is 0 Å². The number of thioether (sulfide) groups is 1. The van der Waals surface area contributed by atoms with Crippen LogP contribution in [0.2, 0.25) is 5.02 Å². The third-order valence-corrected chi connectivity index (χ3v) is 7.82. The lowest BCUT2D eigenvalue weighted by molar-refractivity contribution is 0.594. The highest BCUT2D eigenvalue weighted by Gasteiger charge is 2.23. The van der Waals surface area contributed by atoms with Gasteiger partial charge >= 0.3 is 0 Å². The SMILES string of the molecule is CSc1cscc1S(=O)(=O)c1cccc(-c2c(C)cc(Cl)cc2N)c1. The van der Waals surface area contributed by atoms with Crippen LogP contribution in [0.4, 0.5) is 5.69 Å². The summed E-state index contributed by atoms with van der Waals surface area (Å²) in [5.74, 6) is 0. The van der Waals surface area contributed by atoms with E-state index < -0.39 is 9.84 Å². The molecule has 0 fully saturated rings. The molecule has 0 radical (unpaired) electrons. The lowest BCUT2D eigenvalue weighted by atomic mass is 9.99. The van der Waals surface area contributed by atoms with Crippen molar-refractivity contribution in [1.29, 1.82) is 0 Å². The molecular formula is C18H16ClNO2S3. The molecule has 0 saturated heterocycles. The normalized spacial score (nSPS) is 11.6. The largest absolute Gasteiger partial charge is 0.398 e. The Hall–Kier alpha value is -1.47. The fourth-order valence-electron chi connectivity index (χ4n) is 2.73. The zero-order valence-corrected chi connectivity index (χ0v) is 16.8. The van der Waals surface area contributed by atoms with Crippen LogP contribution in [0.3, 0.4) is 0 Å². The van der Waals surface area contributed by atoms with E-state index in [2.05, 4.69) is 0 Å². The van der Waals surface area contributed by atoms with Crippen molar-refractivity contribution in [3.63, 3.8) is 0 Å². The van der Waals surface area contributed by atoms with Gasteiger partial charge in [0.25, 0.3) is 0 Å². The molecule has 130 valence electrons. The average Bonchev–Trinajstić information content (AvgIpc) is 3.03. The molecule has 0 unspecified atom stereocenters. The van der Waals surface area contributed by atoms with Crippen molar-refractivity contribution in [3.05, 3.63) is 57.7 Å². The predicted octanol–water partition coefficient (Wildman–Crippen LogP) is 5.51. The number of rotatable bonds is 4. The first-order chi connectivity index (χ1) is 11.8. The minimum Gasteiger partial charge on any atom is -0.398 e. The Bertz CT molecular complexity index is 1020. The van der Waals surface area contributed by atoms with Gasteiger partial charge in [-0.1, -0.05) is 23.7 Å². The van der Waals surface area contributed by atoms with E-state index in [9.17, 15) is 8.42 Å². The predicted molar refractivity (Wildman–Crippen MR) is 108 cm³/mol. The molecule has 7 heteroatoms. The van der Waals surface area contributed by atoms with Crippen LogP contribution >= 0.6 is 34.7 Å². The molecule has 0 aliphatic heterocycles. The number of benzene rings is 2. The van der Waals surface area contributed by atoms with Gasteiger partial charge in [0.1, 0.15) is 0 Å². The van der Waals surface area contributed by atoms with Crippen LogP contribution in [-0.4, -0.2) is 14.7 Å². The first-order valence-corrected chi connectivity index (χ1v) is 11.4. The number of nitrogen functional groups attached to an aromatic ring is 1. The van der Waals surface area contributed by atoms with E-state index in [-0.39, 0.29) is 4.90 Å².